The Hall–Kier alpha value is -2.17. The number of nitrogens with one attached hydrogen (secondary N) is 1. The Morgan fingerprint density at radius 2 is 1.57 bits per heavy atom. The summed E-state index contributed by atoms with van der Waals surface area (Å²) in [5, 5.41) is 2.88. The largest absolute Gasteiger partial charge is 0.352 e. The molecule has 0 radical (unpaired) electrons. The van der Waals surface area contributed by atoms with Crippen molar-refractivity contribution in [3.63, 3.8) is 0 Å². The predicted molar refractivity (Wildman–Crippen MR) is 78.9 cm³/mol. The molecule has 21 heavy (non-hydrogen) atoms. The summed E-state index contributed by atoms with van der Waals surface area (Å²) in [6.07, 6.45) is 1.63. The molecule has 0 spiro atoms. The minimum Gasteiger partial charge on any atom is -0.352 e. The van der Waals surface area contributed by atoms with Gasteiger partial charge in [0.2, 0.25) is 5.91 Å². The fourth-order valence-electron chi connectivity index (χ4n) is 2.49. The Balaban J connectivity index is 2.18. The molecule has 0 bridgehead atoms. The van der Waals surface area contributed by atoms with Crippen molar-refractivity contribution in [2.75, 3.05) is 0 Å². The van der Waals surface area contributed by atoms with Crippen molar-refractivity contribution >= 4 is 17.7 Å². The second kappa shape index (κ2) is 6.08. The fourth-order valence-corrected chi connectivity index (χ4v) is 2.49. The van der Waals surface area contributed by atoms with Gasteiger partial charge >= 0.3 is 0 Å². The summed E-state index contributed by atoms with van der Waals surface area (Å²) in [6.45, 7) is 5.56. The zero-order valence-electron chi connectivity index (χ0n) is 12.6. The second-order valence-corrected chi connectivity index (χ2v) is 5.22. The van der Waals surface area contributed by atoms with Crippen LogP contribution in [0.1, 0.15) is 54.3 Å². The number of carbonyl (C=O) groups is 3. The molecule has 0 unspecified atom stereocenters. The molecule has 3 amide bonds. The highest BCUT2D eigenvalue weighted by molar-refractivity contribution is 6.22. The number of hydrogen-bond acceptors (Lipinski definition) is 3. The molecule has 0 fully saturated rings. The van der Waals surface area contributed by atoms with Crippen LogP contribution in [0.5, 0.6) is 0 Å². The third-order valence-corrected chi connectivity index (χ3v) is 3.92. The van der Waals surface area contributed by atoms with Crippen LogP contribution < -0.4 is 5.32 Å². The first-order valence-corrected chi connectivity index (χ1v) is 7.28. The van der Waals surface area contributed by atoms with Crippen molar-refractivity contribution in [2.24, 2.45) is 0 Å². The third kappa shape index (κ3) is 2.68. The smallest absolute Gasteiger partial charge is 0.262 e. The fraction of sp³-hybridized carbons (Fsp3) is 0.438. The van der Waals surface area contributed by atoms with E-state index in [2.05, 4.69) is 5.32 Å². The Morgan fingerprint density at radius 1 is 1.10 bits per heavy atom. The van der Waals surface area contributed by atoms with Crippen LogP contribution in [0.15, 0.2) is 24.3 Å². The Labute approximate surface area is 124 Å². The molecule has 1 atom stereocenters. The third-order valence-electron chi connectivity index (χ3n) is 3.92. The standard InChI is InChI=1S/C16H20N2O3/c1-4-11(5-2)17-14(19)10(3)18-15(20)12-8-6-7-9-13(12)16(18)21/h6-11H,4-5H2,1-3H3,(H,17,19)/t10-/m0/s1. The molecule has 1 aliphatic heterocycles. The highest BCUT2D eigenvalue weighted by atomic mass is 16.2. The van der Waals surface area contributed by atoms with Gasteiger partial charge in [-0.25, -0.2) is 0 Å². The van der Waals surface area contributed by atoms with Crippen LogP contribution in [0.3, 0.4) is 0 Å². The summed E-state index contributed by atoms with van der Waals surface area (Å²) in [6, 6.07) is 5.90. The summed E-state index contributed by atoms with van der Waals surface area (Å²) in [7, 11) is 0. The van der Waals surface area contributed by atoms with Gasteiger partial charge in [0.05, 0.1) is 11.1 Å². The van der Waals surface area contributed by atoms with E-state index >= 15 is 0 Å². The zero-order valence-corrected chi connectivity index (χ0v) is 12.6. The van der Waals surface area contributed by atoms with E-state index in [9.17, 15) is 14.4 Å². The van der Waals surface area contributed by atoms with Crippen LogP contribution in [0.2, 0.25) is 0 Å². The number of benzene rings is 1. The molecular weight excluding hydrogens is 268 g/mol. The van der Waals surface area contributed by atoms with Gasteiger partial charge in [-0.3, -0.25) is 19.3 Å². The maximum atomic E-state index is 12.3. The monoisotopic (exact) mass is 288 g/mol. The number of imide groups is 1. The molecule has 2 rings (SSSR count). The highest BCUT2D eigenvalue weighted by Gasteiger charge is 2.40. The molecule has 5 nitrogen and oxygen atoms in total. The van der Waals surface area contributed by atoms with Crippen LogP contribution in [0.4, 0.5) is 0 Å². The number of fused-ring (bicyclic) bond motifs is 1. The molecule has 1 N–H and O–H groups in total. The van der Waals surface area contributed by atoms with E-state index in [0.717, 1.165) is 17.7 Å². The van der Waals surface area contributed by atoms with Gasteiger partial charge in [-0.2, -0.15) is 0 Å². The lowest BCUT2D eigenvalue weighted by Gasteiger charge is -2.24. The topological polar surface area (TPSA) is 66.5 Å². The molecule has 1 aromatic carbocycles. The van der Waals surface area contributed by atoms with E-state index in [0.29, 0.717) is 11.1 Å². The number of nitrogens with zero attached hydrogens (tertiary/aromatic N) is 1. The summed E-state index contributed by atoms with van der Waals surface area (Å²) in [5.74, 6) is -1.09. The molecule has 112 valence electrons. The number of hydrogen-bond donors (Lipinski definition) is 1. The number of carbonyl (C=O) groups excluding carboxylic acids is 3. The van der Waals surface area contributed by atoms with Crippen LogP contribution in [-0.4, -0.2) is 34.7 Å². The minimum absolute atomic E-state index is 0.0649. The molecule has 1 aromatic rings. The van der Waals surface area contributed by atoms with E-state index in [-0.39, 0.29) is 11.9 Å². The summed E-state index contributed by atoms with van der Waals surface area (Å²) < 4.78 is 0. The molecule has 0 saturated carbocycles. The molecular formula is C16H20N2O3. The maximum Gasteiger partial charge on any atom is 0.262 e. The zero-order chi connectivity index (χ0) is 15.6. The Morgan fingerprint density at radius 3 is 2.00 bits per heavy atom. The Kier molecular flexibility index (Phi) is 4.40. The van der Waals surface area contributed by atoms with Gasteiger partial charge in [-0.15, -0.1) is 0 Å². The van der Waals surface area contributed by atoms with Gasteiger partial charge in [0.1, 0.15) is 6.04 Å². The van der Waals surface area contributed by atoms with Crippen molar-refractivity contribution in [1.82, 2.24) is 10.2 Å². The van der Waals surface area contributed by atoms with E-state index in [4.69, 9.17) is 0 Å². The first-order chi connectivity index (χ1) is 10.0. The van der Waals surface area contributed by atoms with Crippen molar-refractivity contribution in [1.29, 1.82) is 0 Å². The maximum absolute atomic E-state index is 12.3. The van der Waals surface area contributed by atoms with E-state index in [1.165, 1.54) is 0 Å². The van der Waals surface area contributed by atoms with Crippen molar-refractivity contribution in [3.8, 4) is 0 Å². The summed E-state index contributed by atoms with van der Waals surface area (Å²) >= 11 is 0. The molecule has 0 aromatic heterocycles. The van der Waals surface area contributed by atoms with Crippen molar-refractivity contribution in [3.05, 3.63) is 35.4 Å². The van der Waals surface area contributed by atoms with Crippen molar-refractivity contribution < 1.29 is 14.4 Å². The van der Waals surface area contributed by atoms with E-state index in [1.807, 2.05) is 13.8 Å². The highest BCUT2D eigenvalue weighted by Crippen LogP contribution is 2.24. The van der Waals surface area contributed by atoms with Gasteiger partial charge < -0.3 is 5.32 Å². The average molecular weight is 288 g/mol. The average Bonchev–Trinajstić information content (AvgIpc) is 2.76. The van der Waals surface area contributed by atoms with Crippen molar-refractivity contribution in [2.45, 2.75) is 45.7 Å². The molecule has 1 heterocycles. The van der Waals surface area contributed by atoms with E-state index < -0.39 is 17.9 Å². The SMILES string of the molecule is CCC(CC)NC(=O)[C@H](C)N1C(=O)c2ccccc2C1=O. The molecule has 5 heteroatoms. The van der Waals surface area contributed by atoms with Crippen LogP contribution >= 0.6 is 0 Å². The number of amides is 3. The second-order valence-electron chi connectivity index (χ2n) is 5.22. The van der Waals surface area contributed by atoms with Crippen LogP contribution in [0, 0.1) is 0 Å². The Bertz CT molecular complexity index is 544. The first kappa shape index (κ1) is 15.2. The van der Waals surface area contributed by atoms with Gasteiger partial charge in [-0.05, 0) is 31.9 Å². The molecule has 1 aliphatic rings. The quantitative estimate of drug-likeness (QED) is 0.842. The lowest BCUT2D eigenvalue weighted by atomic mass is 10.1. The van der Waals surface area contributed by atoms with Gasteiger partial charge in [0.25, 0.3) is 11.8 Å². The molecule has 0 saturated heterocycles. The van der Waals surface area contributed by atoms with Gasteiger partial charge in [0, 0.05) is 6.04 Å². The lowest BCUT2D eigenvalue weighted by Crippen LogP contribution is -2.50. The van der Waals surface area contributed by atoms with Gasteiger partial charge in [-0.1, -0.05) is 26.0 Å². The van der Waals surface area contributed by atoms with Crippen LogP contribution in [0.25, 0.3) is 0 Å². The molecule has 0 aliphatic carbocycles. The minimum atomic E-state index is -0.807. The van der Waals surface area contributed by atoms with E-state index in [1.54, 1.807) is 31.2 Å². The summed E-state index contributed by atoms with van der Waals surface area (Å²) in [5.41, 5.74) is 0.731. The number of rotatable bonds is 5. The normalized spacial score (nSPS) is 15.3. The first-order valence-electron chi connectivity index (χ1n) is 7.28. The summed E-state index contributed by atoms with van der Waals surface area (Å²) in [4.78, 5) is 37.9. The van der Waals surface area contributed by atoms with Gasteiger partial charge in [0.15, 0.2) is 0 Å². The lowest BCUT2D eigenvalue weighted by molar-refractivity contribution is -0.125. The van der Waals surface area contributed by atoms with Crippen LogP contribution in [-0.2, 0) is 4.79 Å². The predicted octanol–water partition coefficient (Wildman–Crippen LogP) is 1.98.